The predicted molar refractivity (Wildman–Crippen MR) is 146 cm³/mol. The van der Waals surface area contributed by atoms with E-state index in [9.17, 15) is 24.8 Å². The van der Waals surface area contributed by atoms with Crippen LogP contribution in [-0.2, 0) is 29.0 Å². The fraction of sp³-hybridized carbons (Fsp3) is 0.462. The lowest BCUT2D eigenvalue weighted by Crippen LogP contribution is -2.41. The zero-order chi connectivity index (χ0) is 29.9. The van der Waals surface area contributed by atoms with Gasteiger partial charge in [0.15, 0.2) is 5.82 Å². The fourth-order valence-electron chi connectivity index (χ4n) is 4.42. The molecule has 2 aromatic heterocycles. The van der Waals surface area contributed by atoms with Crippen LogP contribution in [0.4, 0.5) is 5.82 Å². The highest BCUT2D eigenvalue weighted by molar-refractivity contribution is 7.52. The lowest BCUT2D eigenvalue weighted by atomic mass is 9.92. The summed E-state index contributed by atoms with van der Waals surface area (Å²) in [4.78, 5) is 16.2. The van der Waals surface area contributed by atoms with Crippen LogP contribution in [0.3, 0.4) is 0 Å². The van der Waals surface area contributed by atoms with Gasteiger partial charge in [-0.1, -0.05) is 26.0 Å². The average molecular weight is 589 g/mol. The van der Waals surface area contributed by atoms with Crippen LogP contribution >= 0.6 is 7.75 Å². The number of nitriles is 1. The first-order chi connectivity index (χ1) is 19.4. The van der Waals surface area contributed by atoms with Gasteiger partial charge in [-0.3, -0.25) is 9.32 Å². The van der Waals surface area contributed by atoms with Gasteiger partial charge >= 0.3 is 13.7 Å². The van der Waals surface area contributed by atoms with Crippen molar-refractivity contribution < 1.29 is 38.1 Å². The number of aliphatic hydroxyl groups excluding tert-OH is 2. The van der Waals surface area contributed by atoms with E-state index in [4.69, 9.17) is 24.3 Å². The van der Waals surface area contributed by atoms with E-state index in [0.717, 1.165) is 5.56 Å². The van der Waals surface area contributed by atoms with Gasteiger partial charge in [0.05, 0.1) is 18.9 Å². The molecule has 220 valence electrons. The number of aromatic nitrogens is 3. The Hall–Kier alpha value is -3.57. The quantitative estimate of drug-likeness (QED) is 0.187. The average Bonchev–Trinajstić information content (AvgIpc) is 3.48. The third-order valence-electron chi connectivity index (χ3n) is 6.66. The molecule has 0 saturated carbocycles. The summed E-state index contributed by atoms with van der Waals surface area (Å²) in [5, 5.41) is 38.6. The molecule has 0 bridgehead atoms. The second kappa shape index (κ2) is 12.1. The second-order valence-corrected chi connectivity index (χ2v) is 11.5. The van der Waals surface area contributed by atoms with Gasteiger partial charge in [0, 0.05) is 0 Å². The summed E-state index contributed by atoms with van der Waals surface area (Å²) >= 11 is 0. The number of hydrogen-bond donors (Lipinski definition) is 4. The zero-order valence-corrected chi connectivity index (χ0v) is 23.9. The maximum absolute atomic E-state index is 13.9. The van der Waals surface area contributed by atoms with E-state index in [0.29, 0.717) is 5.52 Å². The van der Waals surface area contributed by atoms with Crippen molar-refractivity contribution in [2.45, 2.75) is 63.6 Å². The van der Waals surface area contributed by atoms with Crippen molar-refractivity contribution in [2.24, 2.45) is 0 Å². The monoisotopic (exact) mass is 588 g/mol. The Bertz CT molecular complexity index is 1470. The molecule has 41 heavy (non-hydrogen) atoms. The normalized spacial score (nSPS) is 24.6. The van der Waals surface area contributed by atoms with Crippen LogP contribution in [0.1, 0.15) is 44.9 Å². The Labute approximate surface area is 236 Å². The smallest absolute Gasteiger partial charge is 0.459 e. The molecule has 0 spiro atoms. The number of ether oxygens (including phenoxy) is 2. The number of benzene rings is 1. The maximum atomic E-state index is 13.9. The number of rotatable bonds is 11. The minimum atomic E-state index is -4.32. The van der Waals surface area contributed by atoms with Gasteiger partial charge in [-0.2, -0.15) is 15.4 Å². The van der Waals surface area contributed by atoms with E-state index < -0.39 is 50.3 Å². The Morgan fingerprint density at radius 2 is 1.98 bits per heavy atom. The molecule has 4 rings (SSSR count). The number of carbonyl (C=O) groups excluding carboxylic acids is 1. The molecule has 3 heterocycles. The molecule has 1 saturated heterocycles. The molecule has 0 aliphatic carbocycles. The minimum Gasteiger partial charge on any atom is -0.465 e. The van der Waals surface area contributed by atoms with E-state index in [2.05, 4.69) is 15.2 Å². The van der Waals surface area contributed by atoms with Crippen molar-refractivity contribution >= 4 is 25.1 Å². The van der Waals surface area contributed by atoms with Gasteiger partial charge in [-0.25, -0.2) is 14.1 Å². The number of nitrogen functional groups attached to an aromatic ring is 1. The van der Waals surface area contributed by atoms with E-state index in [-0.39, 0.29) is 29.8 Å². The third kappa shape index (κ3) is 6.06. The lowest BCUT2D eigenvalue weighted by Gasteiger charge is -2.25. The van der Waals surface area contributed by atoms with Gasteiger partial charge in [0.1, 0.15) is 48.0 Å². The molecule has 1 aromatic carbocycles. The lowest BCUT2D eigenvalue weighted by molar-refractivity contribution is -0.144. The van der Waals surface area contributed by atoms with Gasteiger partial charge in [0.25, 0.3) is 0 Å². The number of carbonyl (C=O) groups is 1. The number of nitrogens with one attached hydrogen (secondary N) is 1. The van der Waals surface area contributed by atoms with Gasteiger partial charge in [0.2, 0.25) is 5.60 Å². The summed E-state index contributed by atoms with van der Waals surface area (Å²) < 4.78 is 37.4. The summed E-state index contributed by atoms with van der Waals surface area (Å²) in [6.45, 7) is 6.62. The summed E-state index contributed by atoms with van der Waals surface area (Å²) in [6, 6.07) is 10.7. The number of nitrogens with zero attached hydrogens (tertiary/aromatic N) is 4. The molecule has 14 nitrogen and oxygen atoms in total. The van der Waals surface area contributed by atoms with Crippen LogP contribution in [0.25, 0.3) is 5.52 Å². The molecule has 3 aromatic rings. The Kier molecular flexibility index (Phi) is 8.98. The highest BCUT2D eigenvalue weighted by Crippen LogP contribution is 2.47. The Morgan fingerprint density at radius 3 is 2.61 bits per heavy atom. The predicted octanol–water partition coefficient (Wildman–Crippen LogP) is 2.02. The van der Waals surface area contributed by atoms with Crippen molar-refractivity contribution in [1.29, 1.82) is 5.26 Å². The molecule has 1 aliphatic heterocycles. The van der Waals surface area contributed by atoms with Gasteiger partial charge in [-0.05, 0) is 49.6 Å². The number of anilines is 1. The highest BCUT2D eigenvalue weighted by Gasteiger charge is 2.58. The summed E-state index contributed by atoms with van der Waals surface area (Å²) in [5.41, 5.74) is 5.29. The van der Waals surface area contributed by atoms with Crippen LogP contribution in [0, 0.1) is 11.3 Å². The molecule has 0 radical (unpaired) electrons. The largest absolute Gasteiger partial charge is 0.465 e. The first kappa shape index (κ1) is 30.4. The van der Waals surface area contributed by atoms with Crippen molar-refractivity contribution in [3.05, 3.63) is 54.0 Å². The van der Waals surface area contributed by atoms with Crippen LogP contribution in [0.5, 0.6) is 5.75 Å². The van der Waals surface area contributed by atoms with Crippen LogP contribution < -0.4 is 15.3 Å². The Balaban J connectivity index is 1.58. The highest BCUT2D eigenvalue weighted by atomic mass is 31.2. The van der Waals surface area contributed by atoms with Crippen molar-refractivity contribution in [3.8, 4) is 11.8 Å². The molecule has 0 amide bonds. The molecule has 1 unspecified atom stereocenters. The van der Waals surface area contributed by atoms with Gasteiger partial charge in [-0.15, -0.1) is 0 Å². The second-order valence-electron chi connectivity index (χ2n) is 9.81. The number of hydrogen-bond acceptors (Lipinski definition) is 12. The summed E-state index contributed by atoms with van der Waals surface area (Å²) in [6.07, 6.45) is -3.55. The maximum Gasteiger partial charge on any atom is 0.459 e. The summed E-state index contributed by atoms with van der Waals surface area (Å²) in [5.74, 6) is -0.110. The van der Waals surface area contributed by atoms with E-state index in [1.54, 1.807) is 37.3 Å². The van der Waals surface area contributed by atoms with E-state index in [1.807, 2.05) is 19.9 Å². The molecule has 1 aliphatic rings. The standard InChI is InChI=1S/C26H33N6O8P/c1-5-37-25(35)16(4)31-41(36,40-18-8-6-17(7-9-18)15(2)3)38-12-20-22(33)23(34)26(13-27,39-20)21-11-10-19-24(28)29-14-30-32(19)21/h6-11,14-16,20,22-23,33-34H,5,12H2,1-4H3,(H,31,36)(H2,28,29,30)/t16-,20+,22+,23+,26-,41?/m0/s1. The molecule has 6 atom stereocenters. The van der Waals surface area contributed by atoms with Crippen molar-refractivity contribution in [3.63, 3.8) is 0 Å². The molecule has 1 fully saturated rings. The van der Waals surface area contributed by atoms with E-state index in [1.165, 1.54) is 23.8 Å². The zero-order valence-electron chi connectivity index (χ0n) is 23.0. The number of fused-ring (bicyclic) bond motifs is 1. The third-order valence-corrected chi connectivity index (χ3v) is 8.30. The molecule has 15 heteroatoms. The van der Waals surface area contributed by atoms with Crippen LogP contribution in [0.15, 0.2) is 42.7 Å². The number of esters is 1. The minimum absolute atomic E-state index is 0.0943. The first-order valence-electron chi connectivity index (χ1n) is 13.0. The number of nitrogens with two attached hydrogens (primary N) is 1. The van der Waals surface area contributed by atoms with Crippen molar-refractivity contribution in [2.75, 3.05) is 18.9 Å². The number of aliphatic hydroxyl groups is 2. The first-order valence-corrected chi connectivity index (χ1v) is 14.5. The summed E-state index contributed by atoms with van der Waals surface area (Å²) in [7, 11) is -4.32. The topological polar surface area (TPSA) is 204 Å². The van der Waals surface area contributed by atoms with Crippen LogP contribution in [-0.4, -0.2) is 68.3 Å². The molecular formula is C26H33N6O8P. The van der Waals surface area contributed by atoms with Gasteiger partial charge < -0.3 is 29.9 Å². The van der Waals surface area contributed by atoms with E-state index >= 15 is 0 Å². The fourth-order valence-corrected chi connectivity index (χ4v) is 5.92. The molecule has 5 N–H and O–H groups in total. The molecular weight excluding hydrogens is 555 g/mol. The van der Waals surface area contributed by atoms with Crippen molar-refractivity contribution in [1.82, 2.24) is 19.7 Å². The van der Waals surface area contributed by atoms with Crippen LogP contribution in [0.2, 0.25) is 0 Å². The Morgan fingerprint density at radius 1 is 1.27 bits per heavy atom. The SMILES string of the molecule is CCOC(=O)[C@H](C)NP(=O)(OC[C@H]1O[C@@](C#N)(c2ccc3c(N)ncnn23)[C@H](O)[C@@H]1O)Oc1ccc(C(C)C)cc1.